The number of benzene rings is 1. The van der Waals surface area contributed by atoms with Crippen molar-refractivity contribution in [1.29, 1.82) is 0 Å². The smallest absolute Gasteiger partial charge is 0.335 e. The lowest BCUT2D eigenvalue weighted by molar-refractivity contribution is -0.208. The topological polar surface area (TPSA) is 63.6 Å². The minimum atomic E-state index is -0.879. The number of ether oxygens (including phenoxy) is 1. The zero-order chi connectivity index (χ0) is 22.2. The molecule has 30 heavy (non-hydrogen) atoms. The monoisotopic (exact) mass is 414 g/mol. The first-order chi connectivity index (χ1) is 14.2. The van der Waals surface area contributed by atoms with Crippen molar-refractivity contribution in [1.82, 2.24) is 0 Å². The van der Waals surface area contributed by atoms with Crippen LogP contribution in [-0.2, 0) is 9.53 Å². The third kappa shape index (κ3) is 2.93. The maximum absolute atomic E-state index is 12.8. The third-order valence-corrected chi connectivity index (χ3v) is 9.24. The highest BCUT2D eigenvalue weighted by Crippen LogP contribution is 2.84. The fourth-order valence-electron chi connectivity index (χ4n) is 7.89. The fourth-order valence-corrected chi connectivity index (χ4v) is 7.89. The Morgan fingerprint density at radius 2 is 1.70 bits per heavy atom. The average molecular weight is 415 g/mol. The predicted molar refractivity (Wildman–Crippen MR) is 118 cm³/mol. The lowest BCUT2D eigenvalue weighted by Crippen LogP contribution is -2.60. The number of cyclic esters (lactones) is 1. The van der Waals surface area contributed by atoms with E-state index in [1.807, 2.05) is 0 Å². The number of esters is 1. The van der Waals surface area contributed by atoms with Crippen LogP contribution in [0.2, 0.25) is 0 Å². The lowest BCUT2D eigenvalue weighted by atomic mass is 9.44. The second kappa shape index (κ2) is 8.01. The van der Waals surface area contributed by atoms with Gasteiger partial charge in [0.2, 0.25) is 0 Å². The molecule has 1 saturated heterocycles. The van der Waals surface area contributed by atoms with E-state index < -0.39 is 5.97 Å². The zero-order valence-electron chi connectivity index (χ0n) is 19.3. The molecule has 1 aromatic carbocycles. The van der Waals surface area contributed by atoms with Gasteiger partial charge in [-0.3, -0.25) is 4.79 Å². The molecule has 0 aromatic heterocycles. The van der Waals surface area contributed by atoms with Crippen molar-refractivity contribution in [3.63, 3.8) is 0 Å². The van der Waals surface area contributed by atoms with Crippen molar-refractivity contribution in [2.45, 2.75) is 79.6 Å². The van der Waals surface area contributed by atoms with E-state index in [4.69, 9.17) is 9.84 Å². The van der Waals surface area contributed by atoms with E-state index in [-0.39, 0.29) is 22.2 Å². The number of hydrogen-bond acceptors (Lipinski definition) is 3. The minimum absolute atomic E-state index is 0.137. The van der Waals surface area contributed by atoms with Gasteiger partial charge in [-0.1, -0.05) is 59.2 Å². The number of rotatable bonds is 7. The molecule has 4 aliphatic rings. The predicted octanol–water partition coefficient (Wildman–Crippen LogP) is 6.35. The van der Waals surface area contributed by atoms with Gasteiger partial charge in [0.05, 0.1) is 17.6 Å². The summed E-state index contributed by atoms with van der Waals surface area (Å²) in [6, 6.07) is 8.30. The van der Waals surface area contributed by atoms with Gasteiger partial charge in [0.25, 0.3) is 0 Å². The maximum atomic E-state index is 12.8. The molecule has 4 heteroatoms. The van der Waals surface area contributed by atoms with Crippen LogP contribution in [0, 0.1) is 27.6 Å². The van der Waals surface area contributed by atoms with Gasteiger partial charge in [-0.05, 0) is 67.4 Å². The molecule has 0 radical (unpaired) electrons. The van der Waals surface area contributed by atoms with Gasteiger partial charge in [-0.25, -0.2) is 4.79 Å². The van der Waals surface area contributed by atoms with Gasteiger partial charge in [0.15, 0.2) is 0 Å². The van der Waals surface area contributed by atoms with Crippen molar-refractivity contribution >= 4 is 11.9 Å². The first kappa shape index (κ1) is 22.8. The van der Waals surface area contributed by atoms with Gasteiger partial charge in [0.1, 0.15) is 0 Å². The molecular formula is C26H38O4. The van der Waals surface area contributed by atoms with Gasteiger partial charge in [-0.2, -0.15) is 0 Å². The number of hydrogen-bond donors (Lipinski definition) is 1. The summed E-state index contributed by atoms with van der Waals surface area (Å²) in [5, 5.41) is 8.38. The first-order valence-corrected chi connectivity index (χ1v) is 11.7. The standard InChI is InChI=1S/C19H32O2.C7H6O2/c1-6-14(5)17(7-2,8-3)19(9-4)12-16-10-18(19,11-16)15(20)21-13-16;8-7(9)6-4-2-1-3-5-6/h14H,6-13H2,1-5H3;1-5H,(H,8,9). The highest BCUT2D eigenvalue weighted by atomic mass is 16.5. The molecule has 1 aliphatic heterocycles. The summed E-state index contributed by atoms with van der Waals surface area (Å²) in [5.41, 5.74) is 0.991. The van der Waals surface area contributed by atoms with Crippen molar-refractivity contribution < 1.29 is 19.4 Å². The molecule has 3 saturated carbocycles. The van der Waals surface area contributed by atoms with E-state index in [9.17, 15) is 9.59 Å². The summed E-state index contributed by atoms with van der Waals surface area (Å²) < 4.78 is 5.62. The number of aromatic carboxylic acids is 1. The molecule has 1 N–H and O–H groups in total. The van der Waals surface area contributed by atoms with Crippen LogP contribution in [0.4, 0.5) is 0 Å². The minimum Gasteiger partial charge on any atom is -0.478 e. The summed E-state index contributed by atoms with van der Waals surface area (Å²) in [7, 11) is 0. The Hall–Kier alpha value is -1.84. The van der Waals surface area contributed by atoms with Gasteiger partial charge < -0.3 is 9.84 Å². The second-order valence-electron chi connectivity index (χ2n) is 9.97. The normalized spacial score (nSPS) is 32.4. The summed E-state index contributed by atoms with van der Waals surface area (Å²) in [6.07, 6.45) is 8.19. The first-order valence-electron chi connectivity index (χ1n) is 11.7. The quantitative estimate of drug-likeness (QED) is 0.528. The van der Waals surface area contributed by atoms with Crippen LogP contribution in [0.3, 0.4) is 0 Å². The number of carboxylic acids is 1. The van der Waals surface area contributed by atoms with Crippen molar-refractivity contribution in [3.05, 3.63) is 35.9 Å². The Labute approximate surface area is 181 Å². The molecule has 2 unspecified atom stereocenters. The largest absolute Gasteiger partial charge is 0.478 e. The summed E-state index contributed by atoms with van der Waals surface area (Å²) in [4.78, 5) is 23.0. The highest BCUT2D eigenvalue weighted by Gasteiger charge is 2.82. The molecule has 5 rings (SSSR count). The average Bonchev–Trinajstić information content (AvgIpc) is 3.17. The van der Waals surface area contributed by atoms with E-state index in [0.29, 0.717) is 23.5 Å². The SMILES string of the molecule is CCC(C)C(CC)(CC)C1(CC)CC23COC(=O)C1(C2)C3.O=C(O)c1ccccc1. The number of carboxylic acid groups (broad SMARTS) is 1. The Bertz CT molecular complexity index is 773. The van der Waals surface area contributed by atoms with Gasteiger partial charge in [0, 0.05) is 5.41 Å². The Balaban J connectivity index is 0.000000239. The lowest BCUT2D eigenvalue weighted by Gasteiger charge is -2.60. The Morgan fingerprint density at radius 3 is 2.13 bits per heavy atom. The fraction of sp³-hybridized carbons (Fsp3) is 0.692. The van der Waals surface area contributed by atoms with E-state index in [1.54, 1.807) is 30.3 Å². The van der Waals surface area contributed by atoms with Crippen LogP contribution >= 0.6 is 0 Å². The van der Waals surface area contributed by atoms with Crippen molar-refractivity contribution in [2.24, 2.45) is 27.6 Å². The van der Waals surface area contributed by atoms with E-state index >= 15 is 0 Å². The van der Waals surface area contributed by atoms with Gasteiger partial charge in [-0.15, -0.1) is 0 Å². The van der Waals surface area contributed by atoms with Crippen molar-refractivity contribution in [3.8, 4) is 0 Å². The molecule has 1 heterocycles. The van der Waals surface area contributed by atoms with Crippen LogP contribution in [0.5, 0.6) is 0 Å². The van der Waals surface area contributed by atoms with Crippen molar-refractivity contribution in [2.75, 3.05) is 6.61 Å². The molecule has 2 atom stereocenters. The number of fused-ring (bicyclic) bond motifs is 1. The zero-order valence-corrected chi connectivity index (χ0v) is 19.3. The highest BCUT2D eigenvalue weighted by molar-refractivity contribution is 5.87. The third-order valence-electron chi connectivity index (χ3n) is 9.24. The Morgan fingerprint density at radius 1 is 1.10 bits per heavy atom. The Kier molecular flexibility index (Phi) is 6.10. The molecule has 4 fully saturated rings. The van der Waals surface area contributed by atoms with Gasteiger partial charge >= 0.3 is 11.9 Å². The molecule has 4 nitrogen and oxygen atoms in total. The summed E-state index contributed by atoms with van der Waals surface area (Å²) >= 11 is 0. The second-order valence-corrected chi connectivity index (χ2v) is 9.97. The molecule has 3 aliphatic carbocycles. The molecule has 0 amide bonds. The molecule has 2 bridgehead atoms. The van der Waals surface area contributed by atoms with Crippen LogP contribution in [0.15, 0.2) is 30.3 Å². The summed E-state index contributed by atoms with van der Waals surface area (Å²) in [5.74, 6) is -0.0690. The number of carbonyl (C=O) groups is 2. The van der Waals surface area contributed by atoms with Crippen LogP contribution in [0.25, 0.3) is 0 Å². The van der Waals surface area contributed by atoms with E-state index in [1.165, 1.54) is 25.7 Å². The van der Waals surface area contributed by atoms with Crippen LogP contribution in [-0.4, -0.2) is 23.7 Å². The molecule has 1 aromatic rings. The van der Waals surface area contributed by atoms with Crippen LogP contribution in [0.1, 0.15) is 89.9 Å². The van der Waals surface area contributed by atoms with E-state index in [0.717, 1.165) is 19.3 Å². The van der Waals surface area contributed by atoms with E-state index in [2.05, 4.69) is 34.6 Å². The number of carbonyl (C=O) groups excluding carboxylic acids is 1. The molecule has 0 spiro atoms. The molecule has 166 valence electrons. The van der Waals surface area contributed by atoms with Crippen LogP contribution < -0.4 is 0 Å². The maximum Gasteiger partial charge on any atom is 0.335 e. The molecular weight excluding hydrogens is 376 g/mol. The summed E-state index contributed by atoms with van der Waals surface area (Å²) in [6.45, 7) is 12.5.